The van der Waals surface area contributed by atoms with Gasteiger partial charge in [0.25, 0.3) is 0 Å². The normalized spacial score (nSPS) is 22.4. The average molecular weight is 372 g/mol. The molecule has 0 aromatic carbocycles. The molecule has 0 radical (unpaired) electrons. The van der Waals surface area contributed by atoms with E-state index in [1.54, 1.807) is 17.9 Å². The summed E-state index contributed by atoms with van der Waals surface area (Å²) in [6.45, 7) is 2.59. The predicted molar refractivity (Wildman–Crippen MR) is 94.0 cm³/mol. The Morgan fingerprint density at radius 1 is 1.32 bits per heavy atom. The number of imidazole rings is 1. The second-order valence-corrected chi connectivity index (χ2v) is 9.13. The summed E-state index contributed by atoms with van der Waals surface area (Å²) in [5.41, 5.74) is 0.881. The summed E-state index contributed by atoms with van der Waals surface area (Å²) >= 11 is 0. The van der Waals surface area contributed by atoms with Gasteiger partial charge in [-0.25, -0.2) is 13.4 Å². The summed E-state index contributed by atoms with van der Waals surface area (Å²) in [7, 11) is -1.76. The van der Waals surface area contributed by atoms with E-state index in [4.69, 9.17) is 4.74 Å². The number of hydrogen-bond donors (Lipinski definition) is 1. The molecule has 0 amide bonds. The molecule has 2 heterocycles. The van der Waals surface area contributed by atoms with Gasteiger partial charge in [0.15, 0.2) is 0 Å². The van der Waals surface area contributed by atoms with Gasteiger partial charge in [-0.05, 0) is 38.1 Å². The van der Waals surface area contributed by atoms with Crippen LogP contribution in [-0.4, -0.2) is 66.6 Å². The lowest BCUT2D eigenvalue weighted by molar-refractivity contribution is 0.0812. The van der Waals surface area contributed by atoms with Crippen LogP contribution in [0.2, 0.25) is 0 Å². The van der Waals surface area contributed by atoms with Crippen molar-refractivity contribution in [3.63, 3.8) is 0 Å². The molecule has 1 aromatic heterocycles. The fraction of sp³-hybridized carbons (Fsp3) is 0.824. The number of likely N-dealkylation sites (tertiary alicyclic amines) is 1. The van der Waals surface area contributed by atoms with Crippen LogP contribution in [0.15, 0.2) is 11.4 Å². The van der Waals surface area contributed by atoms with Crippen molar-refractivity contribution >= 4 is 9.84 Å². The molecule has 1 saturated heterocycles. The molecule has 1 atom stereocenters. The van der Waals surface area contributed by atoms with Crippen molar-refractivity contribution in [2.45, 2.75) is 56.4 Å². The quantitative estimate of drug-likeness (QED) is 0.699. The molecule has 2 aliphatic rings. The van der Waals surface area contributed by atoms with Crippen molar-refractivity contribution in [2.75, 3.05) is 32.6 Å². The third-order valence-corrected chi connectivity index (χ3v) is 6.97. The number of aliphatic hydroxyl groups is 1. The van der Waals surface area contributed by atoms with Crippen LogP contribution in [0.1, 0.15) is 37.8 Å². The van der Waals surface area contributed by atoms with E-state index in [1.807, 2.05) is 0 Å². The molecule has 0 spiro atoms. The molecule has 8 heteroatoms. The van der Waals surface area contributed by atoms with E-state index < -0.39 is 9.84 Å². The highest BCUT2D eigenvalue weighted by molar-refractivity contribution is 7.91. The van der Waals surface area contributed by atoms with E-state index >= 15 is 0 Å². The molecular weight excluding hydrogens is 342 g/mol. The Bertz CT molecular complexity index is 669. The van der Waals surface area contributed by atoms with Gasteiger partial charge in [0.1, 0.15) is 0 Å². The van der Waals surface area contributed by atoms with Crippen LogP contribution in [0, 0.1) is 5.92 Å². The number of hydrogen-bond acceptors (Lipinski definition) is 6. The first-order chi connectivity index (χ1) is 12.0. The topological polar surface area (TPSA) is 84.7 Å². The third kappa shape index (κ3) is 4.61. The van der Waals surface area contributed by atoms with Gasteiger partial charge >= 0.3 is 0 Å². The molecule has 1 unspecified atom stereocenters. The minimum atomic E-state index is -3.37. The molecule has 0 bridgehead atoms. The van der Waals surface area contributed by atoms with Crippen molar-refractivity contribution < 1.29 is 18.3 Å². The van der Waals surface area contributed by atoms with Crippen LogP contribution < -0.4 is 0 Å². The zero-order valence-corrected chi connectivity index (χ0v) is 15.7. The summed E-state index contributed by atoms with van der Waals surface area (Å²) < 4.78 is 32.4. The van der Waals surface area contributed by atoms with Crippen molar-refractivity contribution in [3.8, 4) is 0 Å². The van der Waals surface area contributed by atoms with Crippen LogP contribution in [0.4, 0.5) is 0 Å². The number of aromatic nitrogens is 2. The zero-order valence-electron chi connectivity index (χ0n) is 14.9. The van der Waals surface area contributed by atoms with E-state index in [2.05, 4.69) is 9.88 Å². The van der Waals surface area contributed by atoms with E-state index in [-0.39, 0.29) is 23.6 Å². The lowest BCUT2D eigenvalue weighted by Crippen LogP contribution is -2.41. The Hall–Kier alpha value is -0.960. The molecule has 7 nitrogen and oxygen atoms in total. The molecule has 142 valence electrons. The van der Waals surface area contributed by atoms with Crippen molar-refractivity contribution in [2.24, 2.45) is 5.92 Å². The summed E-state index contributed by atoms with van der Waals surface area (Å²) in [5.74, 6) is 0.487. The predicted octanol–water partition coefficient (Wildman–Crippen LogP) is 1.06. The van der Waals surface area contributed by atoms with Gasteiger partial charge in [-0.15, -0.1) is 0 Å². The summed E-state index contributed by atoms with van der Waals surface area (Å²) in [4.78, 5) is 6.51. The minimum Gasteiger partial charge on any atom is -0.395 e. The summed E-state index contributed by atoms with van der Waals surface area (Å²) in [6.07, 6.45) is 6.89. The second-order valence-electron chi connectivity index (χ2n) is 7.20. The maximum atomic E-state index is 12.7. The molecule has 3 rings (SSSR count). The average Bonchev–Trinajstić information content (AvgIpc) is 3.30. The number of aliphatic hydroxyl groups excluding tert-OH is 1. The van der Waals surface area contributed by atoms with Crippen LogP contribution in [-0.2, 0) is 27.7 Å². The van der Waals surface area contributed by atoms with Crippen molar-refractivity contribution in [1.82, 2.24) is 14.5 Å². The number of piperidine rings is 1. The minimum absolute atomic E-state index is 0.138. The Labute approximate surface area is 149 Å². The van der Waals surface area contributed by atoms with Crippen LogP contribution in [0.3, 0.4) is 0 Å². The monoisotopic (exact) mass is 371 g/mol. The molecular formula is C17H29N3O4S. The maximum Gasteiger partial charge on any atom is 0.227 e. The van der Waals surface area contributed by atoms with Crippen molar-refractivity contribution in [3.05, 3.63) is 11.9 Å². The number of ether oxygens (including phenoxy) is 1. The van der Waals surface area contributed by atoms with Gasteiger partial charge in [-0.2, -0.15) is 0 Å². The van der Waals surface area contributed by atoms with E-state index in [0.717, 1.165) is 44.3 Å². The van der Waals surface area contributed by atoms with Crippen LogP contribution >= 0.6 is 0 Å². The smallest absolute Gasteiger partial charge is 0.227 e. The first-order valence-electron chi connectivity index (χ1n) is 9.16. The van der Waals surface area contributed by atoms with Crippen LogP contribution in [0.25, 0.3) is 0 Å². The standard InChI is InChI=1S/C17H29N3O4S/c1-24-9-8-20-16(11-19-7-3-2-4-15(19)12-21)10-18-17(20)25(22,23)13-14-5-6-14/h10,14-15,21H,2-9,11-13H2,1H3. The molecule has 2 fully saturated rings. The van der Waals surface area contributed by atoms with E-state index in [0.29, 0.717) is 25.6 Å². The van der Waals surface area contributed by atoms with Gasteiger partial charge < -0.3 is 14.4 Å². The lowest BCUT2D eigenvalue weighted by atomic mass is 10.0. The van der Waals surface area contributed by atoms with E-state index in [9.17, 15) is 13.5 Å². The highest BCUT2D eigenvalue weighted by Crippen LogP contribution is 2.32. The molecule has 1 aliphatic carbocycles. The molecule has 1 saturated carbocycles. The van der Waals surface area contributed by atoms with Gasteiger partial charge in [-0.3, -0.25) is 4.90 Å². The lowest BCUT2D eigenvalue weighted by Gasteiger charge is -2.34. The van der Waals surface area contributed by atoms with Crippen molar-refractivity contribution in [1.29, 1.82) is 0 Å². The molecule has 1 aliphatic heterocycles. The SMILES string of the molecule is COCCn1c(CN2CCCCC2CO)cnc1S(=O)(=O)CC1CC1. The Morgan fingerprint density at radius 3 is 2.80 bits per heavy atom. The largest absolute Gasteiger partial charge is 0.395 e. The summed E-state index contributed by atoms with van der Waals surface area (Å²) in [5, 5.41) is 9.78. The molecule has 25 heavy (non-hydrogen) atoms. The van der Waals surface area contributed by atoms with Gasteiger partial charge in [0.2, 0.25) is 15.0 Å². The Balaban J connectivity index is 1.82. The number of nitrogens with zero attached hydrogens (tertiary/aromatic N) is 3. The fourth-order valence-electron chi connectivity index (χ4n) is 3.54. The Kier molecular flexibility index (Phi) is 6.14. The van der Waals surface area contributed by atoms with E-state index in [1.165, 1.54) is 0 Å². The van der Waals surface area contributed by atoms with Gasteiger partial charge in [-0.1, -0.05) is 6.42 Å². The third-order valence-electron chi connectivity index (χ3n) is 5.18. The van der Waals surface area contributed by atoms with Crippen LogP contribution in [0.5, 0.6) is 0 Å². The highest BCUT2D eigenvalue weighted by Gasteiger charge is 2.33. The number of sulfone groups is 1. The van der Waals surface area contributed by atoms with Gasteiger partial charge in [0.05, 0.1) is 30.9 Å². The summed E-state index contributed by atoms with van der Waals surface area (Å²) in [6, 6.07) is 0.144. The highest BCUT2D eigenvalue weighted by atomic mass is 32.2. The first kappa shape index (κ1) is 18.8. The maximum absolute atomic E-state index is 12.7. The second kappa shape index (κ2) is 8.16. The molecule has 1 N–H and O–H groups in total. The van der Waals surface area contributed by atoms with Gasteiger partial charge in [0, 0.05) is 26.2 Å². The number of methoxy groups -OCH3 is 1. The first-order valence-corrected chi connectivity index (χ1v) is 10.8. The fourth-order valence-corrected chi connectivity index (χ4v) is 5.40. The Morgan fingerprint density at radius 2 is 2.12 bits per heavy atom. The molecule has 1 aromatic rings. The zero-order chi connectivity index (χ0) is 17.9. The number of rotatable bonds is 9.